The Bertz CT molecular complexity index is 988. The number of carbonyl (C=O) groups is 3. The number of carbonyl (C=O) groups excluding carboxylic acids is 3. The zero-order valence-electron chi connectivity index (χ0n) is 25.1. The van der Waals surface area contributed by atoms with E-state index < -0.39 is 11.0 Å². The molecule has 2 aliphatic rings. The van der Waals surface area contributed by atoms with Gasteiger partial charge in [-0.1, -0.05) is 53.9 Å². The molecule has 1 aromatic rings. The van der Waals surface area contributed by atoms with Crippen LogP contribution in [-0.2, 0) is 14.4 Å². The molecule has 0 atom stereocenters. The Balaban J connectivity index is 1.93. The van der Waals surface area contributed by atoms with E-state index in [9.17, 15) is 14.4 Å². The summed E-state index contributed by atoms with van der Waals surface area (Å²) in [5, 5.41) is 6.18. The Morgan fingerprint density at radius 1 is 0.763 bits per heavy atom. The zero-order valence-corrected chi connectivity index (χ0v) is 25.1. The van der Waals surface area contributed by atoms with Gasteiger partial charge < -0.3 is 15.5 Å². The highest BCUT2D eigenvalue weighted by atomic mass is 16.2. The first-order valence-corrected chi connectivity index (χ1v) is 14.8. The van der Waals surface area contributed by atoms with Gasteiger partial charge in [0, 0.05) is 39.9 Å². The number of hydrogen-bond acceptors (Lipinski definition) is 3. The lowest BCUT2D eigenvalue weighted by molar-refractivity contribution is -0.124. The predicted octanol–water partition coefficient (Wildman–Crippen LogP) is 7.78. The first kappa shape index (κ1) is 30.2. The van der Waals surface area contributed by atoms with E-state index in [2.05, 4.69) is 24.5 Å². The Morgan fingerprint density at radius 2 is 1.32 bits per heavy atom. The summed E-state index contributed by atoms with van der Waals surface area (Å²) in [6.07, 6.45) is 9.12. The first-order valence-electron chi connectivity index (χ1n) is 14.8. The Morgan fingerprint density at radius 3 is 1.82 bits per heavy atom. The van der Waals surface area contributed by atoms with Gasteiger partial charge in [-0.25, -0.2) is 0 Å². The van der Waals surface area contributed by atoms with Crippen molar-refractivity contribution < 1.29 is 14.4 Å². The van der Waals surface area contributed by atoms with Crippen molar-refractivity contribution in [1.82, 2.24) is 0 Å². The van der Waals surface area contributed by atoms with Crippen molar-refractivity contribution in [3.05, 3.63) is 18.2 Å². The summed E-state index contributed by atoms with van der Waals surface area (Å²) < 4.78 is 0. The molecule has 212 valence electrons. The molecule has 1 aromatic carbocycles. The molecule has 0 heterocycles. The molecule has 0 unspecified atom stereocenters. The monoisotopic (exact) mass is 525 g/mol. The van der Waals surface area contributed by atoms with Gasteiger partial charge in [-0.3, -0.25) is 14.4 Å². The smallest absolute Gasteiger partial charge is 0.230 e. The molecule has 3 amide bonds. The summed E-state index contributed by atoms with van der Waals surface area (Å²) in [7, 11) is 0. The van der Waals surface area contributed by atoms with Crippen molar-refractivity contribution in [3.8, 4) is 0 Å². The van der Waals surface area contributed by atoms with Crippen LogP contribution in [0.3, 0.4) is 0 Å². The van der Waals surface area contributed by atoms with Crippen LogP contribution in [-0.4, -0.2) is 23.3 Å². The number of benzene rings is 1. The van der Waals surface area contributed by atoms with Crippen LogP contribution in [0.1, 0.15) is 113 Å². The van der Waals surface area contributed by atoms with E-state index in [-0.39, 0.29) is 29.6 Å². The van der Waals surface area contributed by atoms with E-state index in [1.165, 1.54) is 6.42 Å². The van der Waals surface area contributed by atoms with Crippen molar-refractivity contribution in [2.45, 2.75) is 119 Å². The fourth-order valence-corrected chi connectivity index (χ4v) is 5.87. The standard InChI is InChI=1S/C32H51N3O3/c1-21(2)22-14-16-23(17-15-22)28(36)33-25-18-26(34-30(38)31(3,4)5)20-27(19-25)35(32(6,7)8)29(37)24-12-10-9-11-13-24/h18-24H,9-17H2,1-8H3,(H,33,36)(H,34,38)/t22-,23+. The molecule has 6 nitrogen and oxygen atoms in total. The Kier molecular flexibility index (Phi) is 9.70. The van der Waals surface area contributed by atoms with E-state index in [1.54, 1.807) is 0 Å². The molecular weight excluding hydrogens is 474 g/mol. The number of nitrogens with zero attached hydrogens (tertiary/aromatic N) is 1. The summed E-state index contributed by atoms with van der Waals surface area (Å²) in [6.45, 7) is 16.3. The first-order chi connectivity index (χ1) is 17.7. The van der Waals surface area contributed by atoms with Crippen LogP contribution in [0.25, 0.3) is 0 Å². The highest BCUT2D eigenvalue weighted by Crippen LogP contribution is 2.37. The van der Waals surface area contributed by atoms with Gasteiger partial charge in [0.05, 0.1) is 0 Å². The van der Waals surface area contributed by atoms with Crippen molar-refractivity contribution in [2.75, 3.05) is 15.5 Å². The van der Waals surface area contributed by atoms with Gasteiger partial charge in [-0.15, -0.1) is 0 Å². The van der Waals surface area contributed by atoms with E-state index in [1.807, 2.05) is 64.6 Å². The van der Waals surface area contributed by atoms with E-state index in [0.29, 0.717) is 28.9 Å². The molecule has 2 N–H and O–H groups in total. The van der Waals surface area contributed by atoms with Crippen LogP contribution in [0.4, 0.5) is 17.1 Å². The molecule has 0 saturated heterocycles. The normalized spacial score (nSPS) is 21.2. The minimum atomic E-state index is -0.573. The fraction of sp³-hybridized carbons (Fsp3) is 0.719. The minimum Gasteiger partial charge on any atom is -0.326 e. The second kappa shape index (κ2) is 12.2. The molecule has 0 spiro atoms. The number of hydrogen-bond donors (Lipinski definition) is 2. The van der Waals surface area contributed by atoms with Gasteiger partial charge in [0.1, 0.15) is 0 Å². The highest BCUT2D eigenvalue weighted by molar-refractivity contribution is 6.01. The van der Waals surface area contributed by atoms with Gasteiger partial charge in [0.2, 0.25) is 17.7 Å². The van der Waals surface area contributed by atoms with E-state index in [4.69, 9.17) is 0 Å². The molecule has 38 heavy (non-hydrogen) atoms. The van der Waals surface area contributed by atoms with Gasteiger partial charge in [0.15, 0.2) is 0 Å². The molecule has 3 rings (SSSR count). The van der Waals surface area contributed by atoms with Crippen LogP contribution in [0.5, 0.6) is 0 Å². The van der Waals surface area contributed by atoms with Crippen molar-refractivity contribution in [2.24, 2.45) is 29.1 Å². The van der Waals surface area contributed by atoms with Gasteiger partial charge in [0.25, 0.3) is 0 Å². The van der Waals surface area contributed by atoms with Crippen LogP contribution in [0.15, 0.2) is 18.2 Å². The van der Waals surface area contributed by atoms with Crippen molar-refractivity contribution in [3.63, 3.8) is 0 Å². The third kappa shape index (κ3) is 7.83. The molecule has 0 aromatic heterocycles. The summed E-state index contributed by atoms with van der Waals surface area (Å²) in [5.74, 6) is 1.37. The largest absolute Gasteiger partial charge is 0.326 e. The zero-order chi connectivity index (χ0) is 28.3. The number of amides is 3. The van der Waals surface area contributed by atoms with Crippen LogP contribution in [0.2, 0.25) is 0 Å². The third-order valence-electron chi connectivity index (χ3n) is 8.31. The number of rotatable bonds is 6. The summed E-state index contributed by atoms with van der Waals surface area (Å²) in [5.41, 5.74) is 0.882. The molecule has 6 heteroatoms. The molecule has 2 saturated carbocycles. The quantitative estimate of drug-likeness (QED) is 0.398. The lowest BCUT2D eigenvalue weighted by Crippen LogP contribution is -2.49. The average molecular weight is 526 g/mol. The third-order valence-corrected chi connectivity index (χ3v) is 8.31. The average Bonchev–Trinajstić information content (AvgIpc) is 2.83. The van der Waals surface area contributed by atoms with Gasteiger partial charge in [-0.05, 0) is 89.3 Å². The number of anilines is 3. The summed E-state index contributed by atoms with van der Waals surface area (Å²) in [6, 6.07) is 5.59. The summed E-state index contributed by atoms with van der Waals surface area (Å²) in [4.78, 5) is 41.9. The van der Waals surface area contributed by atoms with Crippen LogP contribution < -0.4 is 15.5 Å². The second-order valence-corrected chi connectivity index (χ2v) is 14.0. The maximum absolute atomic E-state index is 13.9. The SMILES string of the molecule is CC(C)[C@H]1CC[C@@H](C(=O)Nc2cc(NC(=O)C(C)(C)C)cc(N(C(=O)C3CCCCC3)C(C)(C)C)c2)CC1. The maximum atomic E-state index is 13.9. The molecule has 0 aliphatic heterocycles. The molecule has 2 aliphatic carbocycles. The number of nitrogens with one attached hydrogen (secondary N) is 2. The Labute approximate surface area is 230 Å². The Hall–Kier alpha value is -2.37. The van der Waals surface area contributed by atoms with Crippen LogP contribution >= 0.6 is 0 Å². The van der Waals surface area contributed by atoms with E-state index in [0.717, 1.165) is 51.4 Å². The lowest BCUT2D eigenvalue weighted by Gasteiger charge is -2.39. The topological polar surface area (TPSA) is 78.5 Å². The van der Waals surface area contributed by atoms with E-state index >= 15 is 0 Å². The predicted molar refractivity (Wildman–Crippen MR) is 157 cm³/mol. The fourth-order valence-electron chi connectivity index (χ4n) is 5.87. The van der Waals surface area contributed by atoms with Crippen molar-refractivity contribution >= 4 is 34.8 Å². The molecule has 0 bridgehead atoms. The highest BCUT2D eigenvalue weighted by Gasteiger charge is 2.35. The second-order valence-electron chi connectivity index (χ2n) is 14.0. The minimum absolute atomic E-state index is 0.00461. The van der Waals surface area contributed by atoms with Gasteiger partial charge in [-0.2, -0.15) is 0 Å². The van der Waals surface area contributed by atoms with Crippen molar-refractivity contribution in [1.29, 1.82) is 0 Å². The van der Waals surface area contributed by atoms with Gasteiger partial charge >= 0.3 is 0 Å². The maximum Gasteiger partial charge on any atom is 0.230 e. The molecule has 0 radical (unpaired) electrons. The lowest BCUT2D eigenvalue weighted by atomic mass is 9.76. The molecule has 2 fully saturated rings. The molecular formula is C32H51N3O3. The summed E-state index contributed by atoms with van der Waals surface area (Å²) >= 11 is 0. The van der Waals surface area contributed by atoms with Crippen LogP contribution in [0, 0.1) is 29.1 Å².